The number of hydrogen-bond acceptors (Lipinski definition) is 4. The van der Waals surface area contributed by atoms with E-state index in [0.29, 0.717) is 6.54 Å². The van der Waals surface area contributed by atoms with Gasteiger partial charge in [-0.05, 0) is 6.42 Å². The summed E-state index contributed by atoms with van der Waals surface area (Å²) in [6.45, 7) is 2.33. The van der Waals surface area contributed by atoms with E-state index in [2.05, 4.69) is 0 Å². The second kappa shape index (κ2) is 5.50. The predicted octanol–water partition coefficient (Wildman–Crippen LogP) is -1.52. The summed E-state index contributed by atoms with van der Waals surface area (Å²) in [5.74, 6) is 9.11. The van der Waals surface area contributed by atoms with E-state index in [-0.39, 0.29) is 6.42 Å². The lowest BCUT2D eigenvalue weighted by atomic mass is 10.3. The summed E-state index contributed by atoms with van der Waals surface area (Å²) in [6.07, 6.45) is 0.458. The van der Waals surface area contributed by atoms with E-state index in [9.17, 15) is 9.59 Å². The first kappa shape index (κ1) is 10.9. The Hall–Kier alpha value is -1.14. The smallest absolute Gasteiger partial charge is 0.245 e. The molecule has 0 aliphatic carbocycles. The summed E-state index contributed by atoms with van der Waals surface area (Å²) in [5.41, 5.74) is 1.85. The van der Waals surface area contributed by atoms with Gasteiger partial charge in [0.05, 0.1) is 0 Å². The van der Waals surface area contributed by atoms with Crippen molar-refractivity contribution >= 4 is 11.8 Å². The number of amides is 2. The number of hydrazine groups is 2. The van der Waals surface area contributed by atoms with Gasteiger partial charge in [0.25, 0.3) is 0 Å². The number of nitrogens with zero attached hydrogens (tertiary/aromatic N) is 1. The van der Waals surface area contributed by atoms with E-state index >= 15 is 0 Å². The Morgan fingerprint density at radius 3 is 2.50 bits per heavy atom. The molecule has 0 bridgehead atoms. The monoisotopic (exact) mass is 174 g/mol. The lowest BCUT2D eigenvalue weighted by Crippen LogP contribution is -2.42. The van der Waals surface area contributed by atoms with Crippen molar-refractivity contribution in [3.05, 3.63) is 0 Å². The third kappa shape index (κ3) is 3.89. The summed E-state index contributed by atoms with van der Waals surface area (Å²) in [6, 6.07) is 0. The van der Waals surface area contributed by atoms with Crippen LogP contribution in [0.1, 0.15) is 19.8 Å². The largest absolute Gasteiger partial charge is 0.294 e. The fourth-order valence-electron chi connectivity index (χ4n) is 0.656. The molecule has 0 aliphatic rings. The van der Waals surface area contributed by atoms with E-state index in [1.807, 2.05) is 12.3 Å². The molecule has 0 atom stereocenters. The van der Waals surface area contributed by atoms with Crippen molar-refractivity contribution in [3.8, 4) is 0 Å². The molecule has 0 rings (SSSR count). The zero-order valence-corrected chi connectivity index (χ0v) is 7.04. The molecule has 0 aromatic heterocycles. The molecule has 0 saturated carbocycles. The molecule has 70 valence electrons. The summed E-state index contributed by atoms with van der Waals surface area (Å²) in [5, 5.41) is 1.01. The molecule has 12 heavy (non-hydrogen) atoms. The zero-order chi connectivity index (χ0) is 9.56. The molecule has 0 unspecified atom stereocenters. The quantitative estimate of drug-likeness (QED) is 0.208. The normalized spacial score (nSPS) is 9.25. The number of nitrogens with two attached hydrogens (primary N) is 2. The number of hydrogen-bond donors (Lipinski definition) is 3. The van der Waals surface area contributed by atoms with Crippen LogP contribution in [-0.2, 0) is 9.59 Å². The number of nitrogens with one attached hydrogen (secondary N) is 1. The second-order valence-corrected chi connectivity index (χ2v) is 2.33. The highest BCUT2D eigenvalue weighted by atomic mass is 16.2. The van der Waals surface area contributed by atoms with Crippen molar-refractivity contribution in [1.29, 1.82) is 0 Å². The van der Waals surface area contributed by atoms with Gasteiger partial charge in [-0.2, -0.15) is 0 Å². The third-order valence-electron chi connectivity index (χ3n) is 1.26. The Morgan fingerprint density at radius 1 is 1.50 bits per heavy atom. The SMILES string of the molecule is CCCN(N)C(=O)CC(=O)NN. The highest BCUT2D eigenvalue weighted by Crippen LogP contribution is 1.89. The van der Waals surface area contributed by atoms with Gasteiger partial charge < -0.3 is 0 Å². The van der Waals surface area contributed by atoms with Gasteiger partial charge >= 0.3 is 0 Å². The molecule has 6 heteroatoms. The van der Waals surface area contributed by atoms with Crippen LogP contribution < -0.4 is 17.1 Å². The highest BCUT2D eigenvalue weighted by molar-refractivity contribution is 5.96. The van der Waals surface area contributed by atoms with Crippen molar-refractivity contribution < 1.29 is 9.59 Å². The first-order valence-electron chi connectivity index (χ1n) is 3.66. The average molecular weight is 174 g/mol. The van der Waals surface area contributed by atoms with Crippen LogP contribution in [0.15, 0.2) is 0 Å². The van der Waals surface area contributed by atoms with Crippen LogP contribution in [0.4, 0.5) is 0 Å². The lowest BCUT2D eigenvalue weighted by molar-refractivity contribution is -0.136. The molecule has 0 spiro atoms. The first-order valence-corrected chi connectivity index (χ1v) is 3.66. The van der Waals surface area contributed by atoms with Gasteiger partial charge in [0.1, 0.15) is 6.42 Å². The van der Waals surface area contributed by atoms with E-state index < -0.39 is 11.8 Å². The summed E-state index contributed by atoms with van der Waals surface area (Å²) in [4.78, 5) is 21.6. The number of carbonyl (C=O) groups excluding carboxylic acids is 2. The predicted molar refractivity (Wildman–Crippen MR) is 43.1 cm³/mol. The van der Waals surface area contributed by atoms with Crippen molar-refractivity contribution in [2.45, 2.75) is 19.8 Å². The fraction of sp³-hybridized carbons (Fsp3) is 0.667. The Balaban J connectivity index is 3.78. The first-order chi connectivity index (χ1) is 5.61. The molecule has 2 amide bonds. The van der Waals surface area contributed by atoms with Crippen LogP contribution in [-0.4, -0.2) is 23.4 Å². The van der Waals surface area contributed by atoms with Crippen LogP contribution in [0.25, 0.3) is 0 Å². The Labute approximate surface area is 70.8 Å². The van der Waals surface area contributed by atoms with Crippen LogP contribution in [0, 0.1) is 0 Å². The van der Waals surface area contributed by atoms with Gasteiger partial charge in [-0.15, -0.1) is 0 Å². The molecule has 0 fully saturated rings. The average Bonchev–Trinajstić information content (AvgIpc) is 2.04. The lowest BCUT2D eigenvalue weighted by Gasteiger charge is -2.14. The molecular formula is C6H14N4O2. The molecule has 0 aliphatic heterocycles. The molecule has 0 radical (unpaired) electrons. The van der Waals surface area contributed by atoms with Gasteiger partial charge in [-0.3, -0.25) is 20.0 Å². The minimum absolute atomic E-state index is 0.299. The molecule has 0 aromatic rings. The minimum Gasteiger partial charge on any atom is -0.294 e. The standard InChI is InChI=1S/C6H14N4O2/c1-2-3-10(8)6(12)4-5(11)9-7/h2-4,7-8H2,1H3,(H,9,11). The molecule has 0 aromatic carbocycles. The van der Waals surface area contributed by atoms with Gasteiger partial charge in [0.2, 0.25) is 11.8 Å². The van der Waals surface area contributed by atoms with Crippen molar-refractivity contribution in [3.63, 3.8) is 0 Å². The van der Waals surface area contributed by atoms with Crippen LogP contribution in [0.3, 0.4) is 0 Å². The van der Waals surface area contributed by atoms with Gasteiger partial charge in [-0.25, -0.2) is 11.7 Å². The maximum Gasteiger partial charge on any atom is 0.245 e. The minimum atomic E-state index is -0.536. The Morgan fingerprint density at radius 2 is 2.08 bits per heavy atom. The van der Waals surface area contributed by atoms with E-state index in [0.717, 1.165) is 11.4 Å². The van der Waals surface area contributed by atoms with Gasteiger partial charge in [-0.1, -0.05) is 6.92 Å². The highest BCUT2D eigenvalue weighted by Gasteiger charge is 2.12. The van der Waals surface area contributed by atoms with Crippen molar-refractivity contribution in [1.82, 2.24) is 10.4 Å². The Bertz CT molecular complexity index is 171. The van der Waals surface area contributed by atoms with Crippen molar-refractivity contribution in [2.75, 3.05) is 6.54 Å². The van der Waals surface area contributed by atoms with Crippen molar-refractivity contribution in [2.24, 2.45) is 11.7 Å². The molecule has 0 saturated heterocycles. The van der Waals surface area contributed by atoms with E-state index in [4.69, 9.17) is 11.7 Å². The third-order valence-corrected chi connectivity index (χ3v) is 1.26. The molecule has 5 N–H and O–H groups in total. The topological polar surface area (TPSA) is 101 Å². The Kier molecular flexibility index (Phi) is 4.98. The number of carbonyl (C=O) groups is 2. The fourth-order valence-corrected chi connectivity index (χ4v) is 0.656. The summed E-state index contributed by atoms with van der Waals surface area (Å²) in [7, 11) is 0. The maximum absolute atomic E-state index is 11.0. The summed E-state index contributed by atoms with van der Waals surface area (Å²) >= 11 is 0. The van der Waals surface area contributed by atoms with E-state index in [1.54, 1.807) is 0 Å². The van der Waals surface area contributed by atoms with Crippen LogP contribution >= 0.6 is 0 Å². The van der Waals surface area contributed by atoms with Gasteiger partial charge in [0.15, 0.2) is 0 Å². The number of rotatable bonds is 4. The molecule has 6 nitrogen and oxygen atoms in total. The van der Waals surface area contributed by atoms with Crippen LogP contribution in [0.5, 0.6) is 0 Å². The second-order valence-electron chi connectivity index (χ2n) is 2.33. The zero-order valence-electron chi connectivity index (χ0n) is 7.04. The molecule has 0 heterocycles. The van der Waals surface area contributed by atoms with Crippen LogP contribution in [0.2, 0.25) is 0 Å². The van der Waals surface area contributed by atoms with E-state index in [1.165, 1.54) is 0 Å². The maximum atomic E-state index is 11.0. The summed E-state index contributed by atoms with van der Waals surface area (Å²) < 4.78 is 0. The molecular weight excluding hydrogens is 160 g/mol. The van der Waals surface area contributed by atoms with Gasteiger partial charge in [0, 0.05) is 6.54 Å².